The van der Waals surface area contributed by atoms with Crippen LogP contribution < -0.4 is 9.62 Å². The number of carbonyl (C=O) groups is 1. The van der Waals surface area contributed by atoms with E-state index in [1.165, 1.54) is 10.6 Å². The lowest BCUT2D eigenvalue weighted by atomic mass is 10.0. The second kappa shape index (κ2) is 10.0. The molecule has 0 heterocycles. The molecule has 1 atom stereocenters. The van der Waals surface area contributed by atoms with Crippen LogP contribution in [0.5, 0.6) is 0 Å². The average Bonchev–Trinajstić information content (AvgIpc) is 2.78. The third-order valence-corrected chi connectivity index (χ3v) is 6.78. The van der Waals surface area contributed by atoms with E-state index in [1.807, 2.05) is 69.3 Å². The molecule has 0 spiro atoms. The van der Waals surface area contributed by atoms with Crippen LogP contribution in [0, 0.1) is 13.8 Å². The number of aryl methyl sites for hydroxylation is 2. The van der Waals surface area contributed by atoms with Gasteiger partial charge in [0, 0.05) is 5.56 Å². The van der Waals surface area contributed by atoms with Gasteiger partial charge in [-0.2, -0.15) is 0 Å². The molecular formula is C26H30N2O3S. The molecule has 1 amide bonds. The summed E-state index contributed by atoms with van der Waals surface area (Å²) in [6, 6.07) is 22.5. The van der Waals surface area contributed by atoms with Crippen LogP contribution in [-0.4, -0.2) is 20.6 Å². The minimum absolute atomic E-state index is 0.0612. The maximum Gasteiger partial charge on any atom is 0.251 e. The number of amides is 1. The van der Waals surface area contributed by atoms with Gasteiger partial charge in [0.2, 0.25) is 10.0 Å². The van der Waals surface area contributed by atoms with E-state index in [0.717, 1.165) is 28.7 Å². The summed E-state index contributed by atoms with van der Waals surface area (Å²) in [5, 5.41) is 3.08. The van der Waals surface area contributed by atoms with E-state index < -0.39 is 10.0 Å². The Balaban J connectivity index is 1.76. The first kappa shape index (κ1) is 23.5. The first-order valence-electron chi connectivity index (χ1n) is 10.7. The second-order valence-electron chi connectivity index (χ2n) is 8.08. The van der Waals surface area contributed by atoms with Crippen molar-refractivity contribution in [2.75, 3.05) is 10.6 Å². The smallest absolute Gasteiger partial charge is 0.251 e. The van der Waals surface area contributed by atoms with E-state index in [4.69, 9.17) is 0 Å². The zero-order valence-electron chi connectivity index (χ0n) is 19.0. The van der Waals surface area contributed by atoms with Gasteiger partial charge in [0.05, 0.1) is 24.5 Å². The van der Waals surface area contributed by atoms with E-state index in [-0.39, 0.29) is 18.5 Å². The average molecular weight is 451 g/mol. The van der Waals surface area contributed by atoms with Crippen LogP contribution in [0.3, 0.4) is 0 Å². The van der Waals surface area contributed by atoms with Crippen molar-refractivity contribution >= 4 is 21.6 Å². The van der Waals surface area contributed by atoms with Crippen LogP contribution in [0.25, 0.3) is 0 Å². The molecule has 3 aromatic carbocycles. The number of nitrogens with one attached hydrogen (secondary N) is 1. The van der Waals surface area contributed by atoms with Gasteiger partial charge in [0.25, 0.3) is 5.91 Å². The summed E-state index contributed by atoms with van der Waals surface area (Å²) in [5.74, 6) is -0.151. The summed E-state index contributed by atoms with van der Waals surface area (Å²) >= 11 is 0. The van der Waals surface area contributed by atoms with E-state index >= 15 is 0 Å². The topological polar surface area (TPSA) is 66.5 Å². The molecule has 0 saturated heterocycles. The predicted octanol–water partition coefficient (Wildman–Crippen LogP) is 5.15. The minimum atomic E-state index is -3.47. The quantitative estimate of drug-likeness (QED) is 0.516. The SMILES string of the molecule is CC[C@H](NC(=O)c1ccc(CN(c2ccc(C)c(C)c2)S(C)(=O)=O)cc1)c1ccccc1. The number of carbonyl (C=O) groups excluding carboxylic acids is 1. The molecule has 32 heavy (non-hydrogen) atoms. The zero-order valence-corrected chi connectivity index (χ0v) is 19.8. The molecule has 0 unspecified atom stereocenters. The highest BCUT2D eigenvalue weighted by Crippen LogP contribution is 2.24. The first-order valence-corrected chi connectivity index (χ1v) is 12.5. The van der Waals surface area contributed by atoms with E-state index in [9.17, 15) is 13.2 Å². The summed E-state index contributed by atoms with van der Waals surface area (Å²) in [4.78, 5) is 12.8. The molecule has 3 aromatic rings. The van der Waals surface area contributed by atoms with Gasteiger partial charge in [-0.3, -0.25) is 9.10 Å². The molecule has 168 valence electrons. The molecule has 0 saturated carbocycles. The Labute approximate surface area is 191 Å². The molecule has 3 rings (SSSR count). The Morgan fingerprint density at radius 3 is 2.16 bits per heavy atom. The Hall–Kier alpha value is -3.12. The van der Waals surface area contributed by atoms with Gasteiger partial charge >= 0.3 is 0 Å². The molecule has 0 bridgehead atoms. The van der Waals surface area contributed by atoms with Crippen molar-refractivity contribution in [1.82, 2.24) is 5.32 Å². The molecule has 0 aromatic heterocycles. The molecular weight excluding hydrogens is 420 g/mol. The van der Waals surface area contributed by atoms with Gasteiger partial charge in [-0.15, -0.1) is 0 Å². The minimum Gasteiger partial charge on any atom is -0.345 e. The maximum atomic E-state index is 12.8. The maximum absolute atomic E-state index is 12.8. The lowest BCUT2D eigenvalue weighted by molar-refractivity contribution is 0.0935. The molecule has 6 heteroatoms. The van der Waals surface area contributed by atoms with Crippen LogP contribution >= 0.6 is 0 Å². The standard InChI is InChI=1S/C26H30N2O3S/c1-5-25(22-9-7-6-8-10-22)27-26(29)23-14-12-21(13-15-23)18-28(32(4,30)31)24-16-11-19(2)20(3)17-24/h6-17,25H,5,18H2,1-4H3,(H,27,29)/t25-/m0/s1. The number of benzene rings is 3. The van der Waals surface area contributed by atoms with Gasteiger partial charge in [0.15, 0.2) is 0 Å². The molecule has 1 N–H and O–H groups in total. The summed E-state index contributed by atoms with van der Waals surface area (Å²) in [7, 11) is -3.47. The van der Waals surface area contributed by atoms with Crippen LogP contribution in [0.4, 0.5) is 5.69 Å². The highest BCUT2D eigenvalue weighted by Gasteiger charge is 2.19. The Kier molecular flexibility index (Phi) is 7.36. The summed E-state index contributed by atoms with van der Waals surface area (Å²) in [6.45, 7) is 6.19. The van der Waals surface area contributed by atoms with Crippen LogP contribution in [-0.2, 0) is 16.6 Å². The fourth-order valence-corrected chi connectivity index (χ4v) is 4.44. The molecule has 0 fully saturated rings. The van der Waals surface area contributed by atoms with E-state index in [0.29, 0.717) is 11.3 Å². The van der Waals surface area contributed by atoms with Gasteiger partial charge < -0.3 is 5.32 Å². The fraction of sp³-hybridized carbons (Fsp3) is 0.269. The number of sulfonamides is 1. The third kappa shape index (κ3) is 5.77. The van der Waals surface area contributed by atoms with Crippen molar-refractivity contribution in [2.24, 2.45) is 0 Å². The number of nitrogens with zero attached hydrogens (tertiary/aromatic N) is 1. The number of rotatable bonds is 8. The largest absolute Gasteiger partial charge is 0.345 e. The Morgan fingerprint density at radius 2 is 1.59 bits per heavy atom. The Morgan fingerprint density at radius 1 is 0.938 bits per heavy atom. The molecule has 0 radical (unpaired) electrons. The van der Waals surface area contributed by atoms with Gasteiger partial charge in [-0.1, -0.05) is 55.5 Å². The normalized spacial score (nSPS) is 12.2. The van der Waals surface area contributed by atoms with E-state index in [2.05, 4.69) is 5.32 Å². The highest BCUT2D eigenvalue weighted by molar-refractivity contribution is 7.92. The number of hydrogen-bond donors (Lipinski definition) is 1. The molecule has 0 aliphatic carbocycles. The predicted molar refractivity (Wildman–Crippen MR) is 130 cm³/mol. The van der Waals surface area contributed by atoms with Crippen molar-refractivity contribution in [3.8, 4) is 0 Å². The zero-order chi connectivity index (χ0) is 23.3. The number of hydrogen-bond acceptors (Lipinski definition) is 3. The monoisotopic (exact) mass is 450 g/mol. The Bertz CT molecular complexity index is 1170. The summed E-state index contributed by atoms with van der Waals surface area (Å²) in [5.41, 5.74) is 5.19. The fourth-order valence-electron chi connectivity index (χ4n) is 3.56. The second-order valence-corrected chi connectivity index (χ2v) is 9.99. The lowest BCUT2D eigenvalue weighted by Crippen LogP contribution is -2.29. The summed E-state index contributed by atoms with van der Waals surface area (Å²) in [6.07, 6.45) is 1.99. The third-order valence-electron chi connectivity index (χ3n) is 5.64. The molecule has 0 aliphatic heterocycles. The molecule has 5 nitrogen and oxygen atoms in total. The number of anilines is 1. The van der Waals surface area contributed by atoms with E-state index in [1.54, 1.807) is 24.3 Å². The first-order chi connectivity index (χ1) is 15.2. The lowest BCUT2D eigenvalue weighted by Gasteiger charge is -2.23. The van der Waals surface area contributed by atoms with Crippen molar-refractivity contribution < 1.29 is 13.2 Å². The van der Waals surface area contributed by atoms with Crippen molar-refractivity contribution in [3.63, 3.8) is 0 Å². The highest BCUT2D eigenvalue weighted by atomic mass is 32.2. The van der Waals surface area contributed by atoms with Crippen LogP contribution in [0.2, 0.25) is 0 Å². The van der Waals surface area contributed by atoms with Crippen LogP contribution in [0.1, 0.15) is 52.0 Å². The summed E-state index contributed by atoms with van der Waals surface area (Å²) < 4.78 is 26.3. The van der Waals surface area contributed by atoms with Crippen molar-refractivity contribution in [2.45, 2.75) is 39.8 Å². The molecule has 0 aliphatic rings. The van der Waals surface area contributed by atoms with Crippen molar-refractivity contribution in [1.29, 1.82) is 0 Å². The van der Waals surface area contributed by atoms with Crippen LogP contribution in [0.15, 0.2) is 72.8 Å². The van der Waals surface area contributed by atoms with Crippen molar-refractivity contribution in [3.05, 3.63) is 101 Å². The van der Waals surface area contributed by atoms with Gasteiger partial charge in [-0.25, -0.2) is 8.42 Å². The van der Waals surface area contributed by atoms with Gasteiger partial charge in [0.1, 0.15) is 0 Å². The van der Waals surface area contributed by atoms with Gasteiger partial charge in [-0.05, 0) is 66.8 Å².